The topological polar surface area (TPSA) is 23.5 Å². The second-order valence-corrected chi connectivity index (χ2v) is 4.47. The van der Waals surface area contributed by atoms with E-state index < -0.39 is 18.3 Å². The lowest BCUT2D eigenvalue weighted by Crippen LogP contribution is -2.25. The molecule has 2 nitrogen and oxygen atoms in total. The monoisotopic (exact) mass is 273 g/mol. The largest absolute Gasteiger partial charge is 0.416 e. The van der Waals surface area contributed by atoms with E-state index in [9.17, 15) is 13.2 Å². The molecule has 0 saturated carbocycles. The van der Waals surface area contributed by atoms with Crippen LogP contribution in [0.25, 0.3) is 0 Å². The van der Waals surface area contributed by atoms with Gasteiger partial charge in [-0.05, 0) is 31.5 Å². The van der Waals surface area contributed by atoms with E-state index in [-0.39, 0.29) is 5.56 Å². The van der Waals surface area contributed by atoms with E-state index in [4.69, 9.17) is 5.11 Å². The number of aliphatic hydroxyl groups excluding tert-OH is 1. The minimum absolute atomic E-state index is 0.109. The molecule has 0 fully saturated rings. The highest BCUT2D eigenvalue weighted by Gasteiger charge is 2.33. The van der Waals surface area contributed by atoms with Crippen LogP contribution < -0.4 is 4.90 Å². The summed E-state index contributed by atoms with van der Waals surface area (Å²) in [5.74, 6) is 0. The third-order valence-electron chi connectivity index (χ3n) is 2.78. The van der Waals surface area contributed by atoms with Gasteiger partial charge >= 0.3 is 6.18 Å². The van der Waals surface area contributed by atoms with Crippen LogP contribution in [0.3, 0.4) is 0 Å². The first-order chi connectivity index (χ1) is 8.79. The summed E-state index contributed by atoms with van der Waals surface area (Å²) in [6.45, 7) is 7.94. The van der Waals surface area contributed by atoms with Gasteiger partial charge in [-0.3, -0.25) is 0 Å². The van der Waals surface area contributed by atoms with Crippen LogP contribution in [0.4, 0.5) is 18.9 Å². The number of hydrogen-bond acceptors (Lipinski definition) is 2. The zero-order chi connectivity index (χ0) is 14.6. The van der Waals surface area contributed by atoms with E-state index in [2.05, 4.69) is 6.58 Å². The van der Waals surface area contributed by atoms with Gasteiger partial charge in [0.05, 0.1) is 12.2 Å². The summed E-state index contributed by atoms with van der Waals surface area (Å²) in [7, 11) is 0. The SMILES string of the molecule is C=C(C)CN(CC)c1ccc(CO)c(C(F)(F)F)c1. The summed E-state index contributed by atoms with van der Waals surface area (Å²) < 4.78 is 38.7. The molecule has 1 aromatic rings. The molecule has 0 spiro atoms. The second kappa shape index (κ2) is 6.10. The quantitative estimate of drug-likeness (QED) is 0.829. The van der Waals surface area contributed by atoms with Crippen molar-refractivity contribution >= 4 is 5.69 Å². The van der Waals surface area contributed by atoms with Crippen molar-refractivity contribution in [3.8, 4) is 0 Å². The van der Waals surface area contributed by atoms with Crippen LogP contribution in [0, 0.1) is 0 Å². The van der Waals surface area contributed by atoms with Crippen LogP contribution in [0.1, 0.15) is 25.0 Å². The molecule has 0 heterocycles. The second-order valence-electron chi connectivity index (χ2n) is 4.47. The van der Waals surface area contributed by atoms with Crippen molar-refractivity contribution in [2.45, 2.75) is 26.6 Å². The highest BCUT2D eigenvalue weighted by molar-refractivity contribution is 5.52. The maximum Gasteiger partial charge on any atom is 0.416 e. The average molecular weight is 273 g/mol. The van der Waals surface area contributed by atoms with Gasteiger partial charge in [-0.15, -0.1) is 0 Å². The Bertz CT molecular complexity index is 454. The van der Waals surface area contributed by atoms with Crippen molar-refractivity contribution in [2.75, 3.05) is 18.0 Å². The third-order valence-corrected chi connectivity index (χ3v) is 2.78. The number of alkyl halides is 3. The van der Waals surface area contributed by atoms with Gasteiger partial charge in [-0.2, -0.15) is 13.2 Å². The minimum atomic E-state index is -4.46. The zero-order valence-corrected chi connectivity index (χ0v) is 11.1. The van der Waals surface area contributed by atoms with Crippen molar-refractivity contribution < 1.29 is 18.3 Å². The Balaban J connectivity index is 3.20. The van der Waals surface area contributed by atoms with Gasteiger partial charge in [0, 0.05) is 18.8 Å². The molecule has 0 aromatic heterocycles. The first-order valence-corrected chi connectivity index (χ1v) is 6.00. The van der Waals surface area contributed by atoms with Gasteiger partial charge < -0.3 is 10.0 Å². The molecule has 0 aliphatic carbocycles. The van der Waals surface area contributed by atoms with E-state index >= 15 is 0 Å². The lowest BCUT2D eigenvalue weighted by atomic mass is 10.1. The van der Waals surface area contributed by atoms with Crippen molar-refractivity contribution in [3.63, 3.8) is 0 Å². The summed E-state index contributed by atoms with van der Waals surface area (Å²) in [5, 5.41) is 8.99. The molecule has 19 heavy (non-hydrogen) atoms. The molecule has 0 aliphatic rings. The number of benzene rings is 1. The Morgan fingerprint density at radius 2 is 2.00 bits per heavy atom. The summed E-state index contributed by atoms with van der Waals surface area (Å²) in [5.41, 5.74) is 0.465. The summed E-state index contributed by atoms with van der Waals surface area (Å²) >= 11 is 0. The van der Waals surface area contributed by atoms with E-state index in [1.165, 1.54) is 6.07 Å². The number of hydrogen-bond donors (Lipinski definition) is 1. The molecular formula is C14H18F3NO. The van der Waals surface area contributed by atoms with E-state index in [0.717, 1.165) is 11.6 Å². The van der Waals surface area contributed by atoms with Crippen LogP contribution in [0.5, 0.6) is 0 Å². The molecule has 5 heteroatoms. The first kappa shape index (κ1) is 15.6. The number of nitrogens with zero attached hydrogens (tertiary/aromatic N) is 1. The summed E-state index contributed by atoms with van der Waals surface area (Å²) in [4.78, 5) is 1.80. The molecule has 0 radical (unpaired) electrons. The van der Waals surface area contributed by atoms with E-state index in [1.807, 2.05) is 13.8 Å². The molecule has 106 valence electrons. The maximum atomic E-state index is 12.9. The van der Waals surface area contributed by atoms with Gasteiger partial charge in [0.25, 0.3) is 0 Å². The van der Waals surface area contributed by atoms with Crippen LogP contribution in [0.2, 0.25) is 0 Å². The van der Waals surface area contributed by atoms with E-state index in [0.29, 0.717) is 18.8 Å². The molecular weight excluding hydrogens is 255 g/mol. The van der Waals surface area contributed by atoms with Crippen molar-refractivity contribution in [3.05, 3.63) is 41.5 Å². The van der Waals surface area contributed by atoms with Gasteiger partial charge in [-0.25, -0.2) is 0 Å². The number of aliphatic hydroxyl groups is 1. The van der Waals surface area contributed by atoms with Gasteiger partial charge in [-0.1, -0.05) is 18.2 Å². The predicted molar refractivity (Wildman–Crippen MR) is 70.1 cm³/mol. The highest BCUT2D eigenvalue weighted by atomic mass is 19.4. The molecule has 0 aliphatic heterocycles. The molecule has 1 rings (SSSR count). The third kappa shape index (κ3) is 3.99. The predicted octanol–water partition coefficient (Wildman–Crippen LogP) is 3.60. The van der Waals surface area contributed by atoms with Crippen molar-refractivity contribution in [2.24, 2.45) is 0 Å². The van der Waals surface area contributed by atoms with Crippen molar-refractivity contribution in [1.29, 1.82) is 0 Å². The van der Waals surface area contributed by atoms with Gasteiger partial charge in [0.15, 0.2) is 0 Å². The molecule has 0 bridgehead atoms. The standard InChI is InChI=1S/C14H18F3NO/c1-4-18(8-10(2)3)12-6-5-11(9-19)13(7-12)14(15,16)17/h5-7,19H,2,4,8-9H2,1,3H3. The van der Waals surface area contributed by atoms with Crippen LogP contribution >= 0.6 is 0 Å². The summed E-state index contributed by atoms with van der Waals surface area (Å²) in [6.07, 6.45) is -4.46. The highest BCUT2D eigenvalue weighted by Crippen LogP contribution is 2.34. The Kier molecular flexibility index (Phi) is 5.00. The van der Waals surface area contributed by atoms with Crippen LogP contribution in [-0.2, 0) is 12.8 Å². The van der Waals surface area contributed by atoms with Crippen molar-refractivity contribution in [1.82, 2.24) is 0 Å². The summed E-state index contributed by atoms with van der Waals surface area (Å²) in [6, 6.07) is 3.99. The molecule has 1 N–H and O–H groups in total. The number of halogens is 3. The number of anilines is 1. The number of rotatable bonds is 5. The zero-order valence-electron chi connectivity index (χ0n) is 11.1. The maximum absolute atomic E-state index is 12.9. The fourth-order valence-corrected chi connectivity index (χ4v) is 1.87. The molecule has 1 aromatic carbocycles. The van der Waals surface area contributed by atoms with Crippen LogP contribution in [-0.4, -0.2) is 18.2 Å². The average Bonchev–Trinajstić information content (AvgIpc) is 2.34. The van der Waals surface area contributed by atoms with E-state index in [1.54, 1.807) is 11.0 Å². The fourth-order valence-electron chi connectivity index (χ4n) is 1.87. The smallest absolute Gasteiger partial charge is 0.392 e. The molecule has 0 saturated heterocycles. The molecule has 0 amide bonds. The molecule has 0 atom stereocenters. The minimum Gasteiger partial charge on any atom is -0.392 e. The number of likely N-dealkylation sites (N-methyl/N-ethyl adjacent to an activating group) is 1. The Morgan fingerprint density at radius 1 is 1.37 bits per heavy atom. The lowest BCUT2D eigenvalue weighted by molar-refractivity contribution is -0.138. The Labute approximate surface area is 111 Å². The van der Waals surface area contributed by atoms with Gasteiger partial charge in [0.1, 0.15) is 0 Å². The Hall–Kier alpha value is -1.49. The first-order valence-electron chi connectivity index (χ1n) is 6.00. The van der Waals surface area contributed by atoms with Crippen LogP contribution in [0.15, 0.2) is 30.4 Å². The molecule has 0 unspecified atom stereocenters. The van der Waals surface area contributed by atoms with Gasteiger partial charge in [0.2, 0.25) is 0 Å². The Morgan fingerprint density at radius 3 is 2.42 bits per heavy atom. The normalized spacial score (nSPS) is 11.5. The lowest BCUT2D eigenvalue weighted by Gasteiger charge is -2.25. The fraction of sp³-hybridized carbons (Fsp3) is 0.429.